The van der Waals surface area contributed by atoms with Gasteiger partial charge < -0.3 is 10.1 Å². The van der Waals surface area contributed by atoms with Crippen LogP contribution in [-0.4, -0.2) is 19.8 Å². The van der Waals surface area contributed by atoms with Crippen molar-refractivity contribution in [2.45, 2.75) is 32.2 Å². The second-order valence-corrected chi connectivity index (χ2v) is 4.99. The number of nitrogens with one attached hydrogen (secondary N) is 1. The number of ether oxygens (including phenoxy) is 1. The average Bonchev–Trinajstić information content (AvgIpc) is 2.88. The maximum absolute atomic E-state index is 13.9. The van der Waals surface area contributed by atoms with Gasteiger partial charge in [-0.1, -0.05) is 25.1 Å². The zero-order valence-corrected chi connectivity index (χ0v) is 11.0. The van der Waals surface area contributed by atoms with E-state index in [1.165, 1.54) is 0 Å². The van der Waals surface area contributed by atoms with Crippen molar-refractivity contribution in [1.82, 2.24) is 5.32 Å². The Hall–Kier alpha value is -0.930. The van der Waals surface area contributed by atoms with E-state index in [2.05, 4.69) is 12.2 Å². The van der Waals surface area contributed by atoms with Crippen molar-refractivity contribution in [3.63, 3.8) is 0 Å². The summed E-state index contributed by atoms with van der Waals surface area (Å²) < 4.78 is 19.3. The number of halogens is 1. The third kappa shape index (κ3) is 3.53. The minimum absolute atomic E-state index is 0.106. The Kier molecular flexibility index (Phi) is 5.14. The Morgan fingerprint density at radius 3 is 2.94 bits per heavy atom. The van der Waals surface area contributed by atoms with Crippen molar-refractivity contribution in [3.05, 3.63) is 35.6 Å². The Bertz CT molecular complexity index is 363. The van der Waals surface area contributed by atoms with Crippen LogP contribution in [0.3, 0.4) is 0 Å². The van der Waals surface area contributed by atoms with Crippen LogP contribution in [0.15, 0.2) is 24.3 Å². The van der Waals surface area contributed by atoms with Crippen LogP contribution in [-0.2, 0) is 4.74 Å². The molecule has 1 aliphatic heterocycles. The third-order valence-electron chi connectivity index (χ3n) is 3.51. The van der Waals surface area contributed by atoms with Crippen LogP contribution in [0.2, 0.25) is 0 Å². The van der Waals surface area contributed by atoms with Crippen LogP contribution in [0.1, 0.15) is 37.8 Å². The number of rotatable bonds is 6. The van der Waals surface area contributed by atoms with Gasteiger partial charge in [0.15, 0.2) is 0 Å². The van der Waals surface area contributed by atoms with E-state index in [9.17, 15) is 4.39 Å². The fourth-order valence-corrected chi connectivity index (χ4v) is 2.50. The first-order valence-electron chi connectivity index (χ1n) is 6.86. The molecule has 3 heteroatoms. The van der Waals surface area contributed by atoms with Gasteiger partial charge in [-0.15, -0.1) is 0 Å². The minimum atomic E-state index is -0.106. The van der Waals surface area contributed by atoms with Gasteiger partial charge in [-0.25, -0.2) is 4.39 Å². The molecule has 0 amide bonds. The van der Waals surface area contributed by atoms with Crippen molar-refractivity contribution in [2.24, 2.45) is 5.92 Å². The van der Waals surface area contributed by atoms with Crippen molar-refractivity contribution in [2.75, 3.05) is 19.8 Å². The lowest BCUT2D eigenvalue weighted by Gasteiger charge is -2.22. The molecule has 1 heterocycles. The topological polar surface area (TPSA) is 21.3 Å². The molecule has 0 aliphatic carbocycles. The summed E-state index contributed by atoms with van der Waals surface area (Å²) >= 11 is 0. The summed E-state index contributed by atoms with van der Waals surface area (Å²) in [7, 11) is 0. The molecule has 1 aromatic rings. The van der Waals surface area contributed by atoms with Gasteiger partial charge >= 0.3 is 0 Å². The third-order valence-corrected chi connectivity index (χ3v) is 3.51. The molecule has 0 bridgehead atoms. The number of hydrogen-bond acceptors (Lipinski definition) is 2. The second-order valence-electron chi connectivity index (χ2n) is 4.99. The molecule has 2 atom stereocenters. The average molecular weight is 251 g/mol. The lowest BCUT2D eigenvalue weighted by atomic mass is 9.93. The Labute approximate surface area is 109 Å². The highest BCUT2D eigenvalue weighted by molar-refractivity contribution is 5.21. The van der Waals surface area contributed by atoms with Gasteiger partial charge in [0.1, 0.15) is 5.82 Å². The van der Waals surface area contributed by atoms with E-state index in [4.69, 9.17) is 4.74 Å². The molecular weight excluding hydrogens is 229 g/mol. The Morgan fingerprint density at radius 2 is 2.28 bits per heavy atom. The summed E-state index contributed by atoms with van der Waals surface area (Å²) in [6.45, 7) is 4.72. The molecule has 1 N–H and O–H groups in total. The van der Waals surface area contributed by atoms with E-state index in [1.807, 2.05) is 12.1 Å². The summed E-state index contributed by atoms with van der Waals surface area (Å²) in [6, 6.07) is 7.19. The van der Waals surface area contributed by atoms with Gasteiger partial charge in [0.2, 0.25) is 0 Å². The predicted octanol–water partition coefficient (Wildman–Crippen LogP) is 3.29. The maximum Gasteiger partial charge on any atom is 0.127 e. The molecular formula is C15H22FNO. The van der Waals surface area contributed by atoms with E-state index in [1.54, 1.807) is 12.1 Å². The number of hydrogen-bond donors (Lipinski definition) is 1. The fraction of sp³-hybridized carbons (Fsp3) is 0.600. The first kappa shape index (κ1) is 13.5. The van der Waals surface area contributed by atoms with Gasteiger partial charge in [-0.05, 0) is 37.8 Å². The smallest absolute Gasteiger partial charge is 0.127 e. The quantitative estimate of drug-likeness (QED) is 0.837. The first-order valence-corrected chi connectivity index (χ1v) is 6.86. The zero-order chi connectivity index (χ0) is 12.8. The summed E-state index contributed by atoms with van der Waals surface area (Å²) in [6.07, 6.45) is 3.12. The van der Waals surface area contributed by atoms with Gasteiger partial charge in [0, 0.05) is 24.8 Å². The zero-order valence-electron chi connectivity index (χ0n) is 11.0. The molecule has 2 rings (SSSR count). The van der Waals surface area contributed by atoms with Gasteiger partial charge in [0.05, 0.1) is 0 Å². The van der Waals surface area contributed by atoms with Crippen molar-refractivity contribution in [1.29, 1.82) is 0 Å². The van der Waals surface area contributed by atoms with Gasteiger partial charge in [-0.3, -0.25) is 0 Å². The number of benzene rings is 1. The summed E-state index contributed by atoms with van der Waals surface area (Å²) in [5.74, 6) is 0.448. The van der Waals surface area contributed by atoms with Crippen LogP contribution in [0.5, 0.6) is 0 Å². The standard InChI is InChI=1S/C15H22FNO/c1-2-8-17-15(10-12-7-9-18-11-12)13-5-3-4-6-14(13)16/h3-6,12,15,17H,2,7-11H2,1H3. The van der Waals surface area contributed by atoms with Gasteiger partial charge in [0.25, 0.3) is 0 Å². The molecule has 1 aromatic carbocycles. The molecule has 2 unspecified atom stereocenters. The molecule has 0 radical (unpaired) electrons. The van der Waals surface area contributed by atoms with E-state index >= 15 is 0 Å². The summed E-state index contributed by atoms with van der Waals surface area (Å²) in [4.78, 5) is 0. The summed E-state index contributed by atoms with van der Waals surface area (Å²) in [5, 5.41) is 3.46. The molecule has 2 nitrogen and oxygen atoms in total. The fourth-order valence-electron chi connectivity index (χ4n) is 2.50. The maximum atomic E-state index is 13.9. The normalized spacial score (nSPS) is 21.1. The minimum Gasteiger partial charge on any atom is -0.381 e. The van der Waals surface area contributed by atoms with Crippen LogP contribution in [0, 0.1) is 11.7 Å². The highest BCUT2D eigenvalue weighted by Gasteiger charge is 2.23. The molecule has 1 fully saturated rings. The Morgan fingerprint density at radius 1 is 1.44 bits per heavy atom. The van der Waals surface area contributed by atoms with Crippen molar-refractivity contribution < 1.29 is 9.13 Å². The van der Waals surface area contributed by atoms with E-state index in [0.717, 1.165) is 44.6 Å². The summed E-state index contributed by atoms with van der Waals surface area (Å²) in [5.41, 5.74) is 0.790. The van der Waals surface area contributed by atoms with Crippen molar-refractivity contribution in [3.8, 4) is 0 Å². The second kappa shape index (κ2) is 6.86. The molecule has 0 spiro atoms. The van der Waals surface area contributed by atoms with Crippen LogP contribution < -0.4 is 5.32 Å². The van der Waals surface area contributed by atoms with E-state index < -0.39 is 0 Å². The Balaban J connectivity index is 2.06. The highest BCUT2D eigenvalue weighted by atomic mass is 19.1. The lowest BCUT2D eigenvalue weighted by molar-refractivity contribution is 0.181. The highest BCUT2D eigenvalue weighted by Crippen LogP contribution is 2.27. The van der Waals surface area contributed by atoms with Crippen LogP contribution in [0.4, 0.5) is 4.39 Å². The molecule has 1 aliphatic rings. The molecule has 18 heavy (non-hydrogen) atoms. The van der Waals surface area contributed by atoms with Gasteiger partial charge in [-0.2, -0.15) is 0 Å². The van der Waals surface area contributed by atoms with Crippen LogP contribution in [0.25, 0.3) is 0 Å². The largest absolute Gasteiger partial charge is 0.381 e. The molecule has 100 valence electrons. The van der Waals surface area contributed by atoms with E-state index in [0.29, 0.717) is 5.92 Å². The van der Waals surface area contributed by atoms with E-state index in [-0.39, 0.29) is 11.9 Å². The molecule has 0 saturated carbocycles. The lowest BCUT2D eigenvalue weighted by Crippen LogP contribution is -2.25. The molecule has 0 aromatic heterocycles. The van der Waals surface area contributed by atoms with Crippen molar-refractivity contribution >= 4 is 0 Å². The molecule has 1 saturated heterocycles. The predicted molar refractivity (Wildman–Crippen MR) is 71.0 cm³/mol. The monoisotopic (exact) mass is 251 g/mol. The SMILES string of the molecule is CCCNC(CC1CCOC1)c1ccccc1F. The van der Waals surface area contributed by atoms with Crippen LogP contribution >= 0.6 is 0 Å². The first-order chi connectivity index (χ1) is 8.81.